The van der Waals surface area contributed by atoms with Gasteiger partial charge >= 0.3 is 6.01 Å². The zero-order valence-electron chi connectivity index (χ0n) is 8.62. The molecule has 0 saturated heterocycles. The molecule has 1 aromatic heterocycles. The smallest absolute Gasteiger partial charge is 0.321 e. The molecule has 0 atom stereocenters. The maximum absolute atomic E-state index is 13.2. The van der Waals surface area contributed by atoms with Crippen LogP contribution < -0.4 is 4.74 Å². The van der Waals surface area contributed by atoms with Crippen LogP contribution in [-0.2, 0) is 0 Å². The third-order valence-electron chi connectivity index (χ3n) is 1.89. The van der Waals surface area contributed by atoms with Crippen molar-refractivity contribution < 1.29 is 9.13 Å². The Morgan fingerprint density at radius 2 is 1.88 bits per heavy atom. The average Bonchev–Trinajstić information content (AvgIpc) is 2.26. The van der Waals surface area contributed by atoms with Crippen molar-refractivity contribution in [1.29, 1.82) is 0 Å². The van der Waals surface area contributed by atoms with Crippen molar-refractivity contribution in [1.82, 2.24) is 15.0 Å². The molecule has 0 aliphatic carbocycles. The van der Waals surface area contributed by atoms with Crippen molar-refractivity contribution in [3.05, 3.63) is 34.3 Å². The number of halogens is 3. The summed E-state index contributed by atoms with van der Waals surface area (Å²) in [5.74, 6) is -0.286. The lowest BCUT2D eigenvalue weighted by Crippen LogP contribution is -1.98. The van der Waals surface area contributed by atoms with Gasteiger partial charge in [-0.05, 0) is 29.8 Å². The Morgan fingerprint density at radius 1 is 1.12 bits per heavy atom. The first-order chi connectivity index (χ1) is 8.08. The Balaban J connectivity index is 2.55. The van der Waals surface area contributed by atoms with Gasteiger partial charge < -0.3 is 4.74 Å². The van der Waals surface area contributed by atoms with Gasteiger partial charge in [0.25, 0.3) is 0 Å². The van der Waals surface area contributed by atoms with Gasteiger partial charge in [-0.3, -0.25) is 0 Å². The molecule has 1 heterocycles. The molecule has 88 valence electrons. The van der Waals surface area contributed by atoms with Crippen LogP contribution in [0.2, 0.25) is 10.3 Å². The fourth-order valence-electron chi connectivity index (χ4n) is 1.24. The lowest BCUT2D eigenvalue weighted by molar-refractivity contribution is 0.379. The Labute approximate surface area is 106 Å². The van der Waals surface area contributed by atoms with E-state index in [1.165, 1.54) is 25.3 Å². The second-order valence-corrected chi connectivity index (χ2v) is 3.85. The predicted octanol–water partition coefficient (Wildman–Crippen LogP) is 2.99. The van der Waals surface area contributed by atoms with E-state index in [9.17, 15) is 4.39 Å². The van der Waals surface area contributed by atoms with Gasteiger partial charge in [-0.2, -0.15) is 15.0 Å². The minimum absolute atomic E-state index is 0.0350. The molecule has 7 heteroatoms. The summed E-state index contributed by atoms with van der Waals surface area (Å²) < 4.78 is 18.0. The Kier molecular flexibility index (Phi) is 3.40. The number of ether oxygens (including phenoxy) is 1. The van der Waals surface area contributed by atoms with Crippen LogP contribution in [-0.4, -0.2) is 22.1 Å². The predicted molar refractivity (Wildman–Crippen MR) is 61.8 cm³/mol. The van der Waals surface area contributed by atoms with E-state index in [0.29, 0.717) is 5.56 Å². The maximum Gasteiger partial charge on any atom is 0.321 e. The lowest BCUT2D eigenvalue weighted by Gasteiger charge is -2.03. The molecule has 0 aliphatic heterocycles. The molecule has 0 amide bonds. The van der Waals surface area contributed by atoms with Gasteiger partial charge in [0.1, 0.15) is 5.82 Å². The zero-order chi connectivity index (χ0) is 12.4. The van der Waals surface area contributed by atoms with Crippen LogP contribution in [0, 0.1) is 5.82 Å². The summed E-state index contributed by atoms with van der Waals surface area (Å²) in [6.45, 7) is 0. The molecule has 0 bridgehead atoms. The summed E-state index contributed by atoms with van der Waals surface area (Å²) >= 11 is 11.4. The van der Waals surface area contributed by atoms with Crippen molar-refractivity contribution >= 4 is 23.2 Å². The minimum Gasteiger partial charge on any atom is -0.467 e. The minimum atomic E-state index is -0.483. The van der Waals surface area contributed by atoms with Crippen molar-refractivity contribution in [2.45, 2.75) is 0 Å². The topological polar surface area (TPSA) is 47.9 Å². The van der Waals surface area contributed by atoms with Crippen LogP contribution in [0.1, 0.15) is 0 Å². The number of nitrogens with zero attached hydrogens (tertiary/aromatic N) is 3. The van der Waals surface area contributed by atoms with Crippen LogP contribution in [0.4, 0.5) is 4.39 Å². The van der Waals surface area contributed by atoms with Crippen LogP contribution in [0.15, 0.2) is 18.2 Å². The van der Waals surface area contributed by atoms with Crippen LogP contribution in [0.25, 0.3) is 11.4 Å². The Hall–Kier alpha value is -1.46. The highest BCUT2D eigenvalue weighted by Crippen LogP contribution is 2.23. The van der Waals surface area contributed by atoms with Crippen molar-refractivity contribution in [3.63, 3.8) is 0 Å². The summed E-state index contributed by atoms with van der Waals surface area (Å²) in [5.41, 5.74) is 0.401. The lowest BCUT2D eigenvalue weighted by atomic mass is 10.2. The summed E-state index contributed by atoms with van der Waals surface area (Å²) in [4.78, 5) is 11.5. The van der Waals surface area contributed by atoms with Gasteiger partial charge in [-0.15, -0.1) is 0 Å². The molecule has 4 nitrogen and oxygen atoms in total. The van der Waals surface area contributed by atoms with Gasteiger partial charge in [0, 0.05) is 10.6 Å². The van der Waals surface area contributed by atoms with Gasteiger partial charge in [-0.1, -0.05) is 11.6 Å². The largest absolute Gasteiger partial charge is 0.467 e. The Morgan fingerprint density at radius 3 is 2.53 bits per heavy atom. The monoisotopic (exact) mass is 273 g/mol. The van der Waals surface area contributed by atoms with Crippen molar-refractivity contribution in [2.24, 2.45) is 0 Å². The molecular formula is C10H6Cl2FN3O. The first kappa shape index (κ1) is 12.0. The molecule has 0 fully saturated rings. The van der Waals surface area contributed by atoms with Gasteiger partial charge in [0.2, 0.25) is 5.28 Å². The zero-order valence-corrected chi connectivity index (χ0v) is 10.1. The highest BCUT2D eigenvalue weighted by Gasteiger charge is 2.09. The molecule has 0 N–H and O–H groups in total. The molecule has 2 aromatic rings. The van der Waals surface area contributed by atoms with Crippen LogP contribution in [0.5, 0.6) is 6.01 Å². The third-order valence-corrected chi connectivity index (χ3v) is 2.28. The maximum atomic E-state index is 13.2. The van der Waals surface area contributed by atoms with E-state index in [4.69, 9.17) is 27.9 Å². The standard InChI is InChI=1S/C10H6Cl2FN3O/c1-17-10-15-8(14-9(12)16-10)5-2-6(11)4-7(13)3-5/h2-4H,1H3. The van der Waals surface area contributed by atoms with E-state index in [2.05, 4.69) is 15.0 Å². The normalized spacial score (nSPS) is 10.4. The molecule has 0 unspecified atom stereocenters. The summed E-state index contributed by atoms with van der Waals surface area (Å²) in [6.07, 6.45) is 0. The SMILES string of the molecule is COc1nc(Cl)nc(-c2cc(F)cc(Cl)c2)n1. The van der Waals surface area contributed by atoms with Gasteiger partial charge in [-0.25, -0.2) is 4.39 Å². The van der Waals surface area contributed by atoms with E-state index in [-0.39, 0.29) is 22.1 Å². The number of rotatable bonds is 2. The van der Waals surface area contributed by atoms with E-state index >= 15 is 0 Å². The number of hydrogen-bond acceptors (Lipinski definition) is 4. The molecule has 2 rings (SSSR count). The summed E-state index contributed by atoms with van der Waals surface area (Å²) in [7, 11) is 1.40. The molecule has 17 heavy (non-hydrogen) atoms. The number of methoxy groups -OCH3 is 1. The highest BCUT2D eigenvalue weighted by molar-refractivity contribution is 6.30. The van der Waals surface area contributed by atoms with Gasteiger partial charge in [0.15, 0.2) is 5.82 Å². The van der Waals surface area contributed by atoms with E-state index in [0.717, 1.165) is 0 Å². The summed E-state index contributed by atoms with van der Waals surface area (Å²) in [5, 5.41) is 0.211. The Bertz CT molecular complexity index is 545. The van der Waals surface area contributed by atoms with Gasteiger partial charge in [0.05, 0.1) is 7.11 Å². The fourth-order valence-corrected chi connectivity index (χ4v) is 1.61. The first-order valence-electron chi connectivity index (χ1n) is 4.50. The van der Waals surface area contributed by atoms with E-state index in [1.807, 2.05) is 0 Å². The number of benzene rings is 1. The van der Waals surface area contributed by atoms with E-state index < -0.39 is 5.82 Å². The molecular weight excluding hydrogens is 268 g/mol. The fraction of sp³-hybridized carbons (Fsp3) is 0.100. The van der Waals surface area contributed by atoms with Crippen molar-refractivity contribution in [3.8, 4) is 17.4 Å². The molecule has 0 spiro atoms. The molecule has 0 aliphatic rings. The van der Waals surface area contributed by atoms with Crippen molar-refractivity contribution in [2.75, 3.05) is 7.11 Å². The molecule has 0 radical (unpaired) electrons. The summed E-state index contributed by atoms with van der Waals surface area (Å²) in [6, 6.07) is 4.01. The number of hydrogen-bond donors (Lipinski definition) is 0. The van der Waals surface area contributed by atoms with Crippen LogP contribution in [0.3, 0.4) is 0 Å². The second kappa shape index (κ2) is 4.81. The molecule has 0 saturated carbocycles. The second-order valence-electron chi connectivity index (χ2n) is 3.07. The highest BCUT2D eigenvalue weighted by atomic mass is 35.5. The molecule has 1 aromatic carbocycles. The van der Waals surface area contributed by atoms with Crippen LogP contribution >= 0.6 is 23.2 Å². The van der Waals surface area contributed by atoms with E-state index in [1.54, 1.807) is 0 Å². The number of aromatic nitrogens is 3. The third kappa shape index (κ3) is 2.81. The quantitative estimate of drug-likeness (QED) is 0.844. The first-order valence-corrected chi connectivity index (χ1v) is 5.26. The average molecular weight is 274 g/mol.